The number of hydrogen-bond donors (Lipinski definition) is 4. The third-order valence-electron chi connectivity index (χ3n) is 11.4. The third-order valence-corrected chi connectivity index (χ3v) is 12.8. The summed E-state index contributed by atoms with van der Waals surface area (Å²) in [6.07, 6.45) is 0.225. The molecule has 2 amide bonds. The SMILES string of the molecule is CCC[C@@H](NC(=O)OCC1c2ccccc2-c2ccccc21)C(=O)N(C)[C@H](C[C@@H](OC(C)=O)[C@H]1N[C@@H]([C@@H](O)N[C@@H](Cc2ccccc2)C[C@H](C)C(=O)OC)CS1)C(C)C. The molecule has 12 nitrogen and oxygen atoms in total. The van der Waals surface area contributed by atoms with E-state index in [1.54, 1.807) is 23.7 Å². The average Bonchev–Trinajstić information content (AvgIpc) is 3.84. The van der Waals surface area contributed by atoms with Crippen molar-refractivity contribution in [2.45, 2.75) is 115 Å². The summed E-state index contributed by atoms with van der Waals surface area (Å²) in [4.78, 5) is 54.0. The standard InChI is InChI=1S/C46H62N4O8S/c1-8-16-38(49-46(55)57-26-37-35-21-14-12-19-33(35)34-20-13-15-22-36(34)37)44(53)50(6)40(28(2)3)25-41(58-30(5)51)43-48-39(27-59-43)42(52)47-32(23-29(4)45(54)56-7)24-31-17-10-9-11-18-31/h9-15,17-22,28-29,32,37-43,47-48,52H,8,16,23-27H2,1-7H3,(H,49,55)/t29-,32+,38+,39+,40+,41+,42+,43-/m0/s1. The van der Waals surface area contributed by atoms with Crippen LogP contribution in [-0.2, 0) is 35.0 Å². The molecular weight excluding hydrogens is 769 g/mol. The first-order valence-corrected chi connectivity index (χ1v) is 21.8. The van der Waals surface area contributed by atoms with Gasteiger partial charge in [-0.25, -0.2) is 4.79 Å². The van der Waals surface area contributed by atoms with E-state index in [9.17, 15) is 24.3 Å². The lowest BCUT2D eigenvalue weighted by Crippen LogP contribution is -2.55. The van der Waals surface area contributed by atoms with Crippen LogP contribution in [0.3, 0.4) is 0 Å². The summed E-state index contributed by atoms with van der Waals surface area (Å²) in [5, 5.41) is 20.8. The molecule has 0 aromatic heterocycles. The monoisotopic (exact) mass is 830 g/mol. The first-order chi connectivity index (χ1) is 28.3. The van der Waals surface area contributed by atoms with Gasteiger partial charge in [0.25, 0.3) is 0 Å². The number of esters is 2. The van der Waals surface area contributed by atoms with E-state index in [-0.39, 0.29) is 59.7 Å². The van der Waals surface area contributed by atoms with Gasteiger partial charge in [0.2, 0.25) is 5.91 Å². The number of rotatable bonds is 20. The van der Waals surface area contributed by atoms with Crippen LogP contribution in [0.2, 0.25) is 0 Å². The summed E-state index contributed by atoms with van der Waals surface area (Å²) in [7, 11) is 3.10. The number of carbonyl (C=O) groups is 4. The van der Waals surface area contributed by atoms with E-state index >= 15 is 0 Å². The topological polar surface area (TPSA) is 156 Å². The number of thioether (sulfide) groups is 1. The van der Waals surface area contributed by atoms with E-state index in [1.165, 1.54) is 14.0 Å². The minimum Gasteiger partial charge on any atom is -0.469 e. The Labute approximate surface area is 353 Å². The van der Waals surface area contributed by atoms with E-state index in [2.05, 4.69) is 40.2 Å². The average molecular weight is 831 g/mol. The molecule has 3 aromatic rings. The summed E-state index contributed by atoms with van der Waals surface area (Å²) < 4.78 is 16.7. The molecule has 0 unspecified atom stereocenters. The van der Waals surface area contributed by atoms with Crippen LogP contribution >= 0.6 is 11.8 Å². The third kappa shape index (κ3) is 12.1. The predicted molar refractivity (Wildman–Crippen MR) is 231 cm³/mol. The highest BCUT2D eigenvalue weighted by molar-refractivity contribution is 8.00. The highest BCUT2D eigenvalue weighted by atomic mass is 32.2. The Kier molecular flexibility index (Phi) is 16.8. The van der Waals surface area contributed by atoms with Gasteiger partial charge in [0.05, 0.1) is 24.4 Å². The zero-order chi connectivity index (χ0) is 42.6. The Hall–Kier alpha value is -4.43. The van der Waals surface area contributed by atoms with Gasteiger partial charge in [-0.15, -0.1) is 11.8 Å². The van der Waals surface area contributed by atoms with Gasteiger partial charge in [0, 0.05) is 44.1 Å². The molecule has 5 rings (SSSR count). The highest BCUT2D eigenvalue weighted by Gasteiger charge is 2.40. The molecule has 8 atom stereocenters. The largest absolute Gasteiger partial charge is 0.469 e. The van der Waals surface area contributed by atoms with E-state index in [4.69, 9.17) is 14.2 Å². The maximum atomic E-state index is 14.2. The predicted octanol–water partition coefficient (Wildman–Crippen LogP) is 6.25. The van der Waals surface area contributed by atoms with Crippen LogP contribution in [0, 0.1) is 11.8 Å². The van der Waals surface area contributed by atoms with Crippen LogP contribution in [0.4, 0.5) is 4.79 Å². The smallest absolute Gasteiger partial charge is 0.407 e. The normalized spacial score (nSPS) is 19.1. The first kappa shape index (κ1) is 45.7. The number of alkyl carbamates (subject to hydrolysis) is 1. The second-order valence-corrected chi connectivity index (χ2v) is 17.3. The zero-order valence-corrected chi connectivity index (χ0v) is 36.2. The quantitative estimate of drug-likeness (QED) is 0.0581. The van der Waals surface area contributed by atoms with Crippen LogP contribution in [0.1, 0.15) is 82.9 Å². The van der Waals surface area contributed by atoms with Gasteiger partial charge in [-0.05, 0) is 53.0 Å². The van der Waals surface area contributed by atoms with E-state index < -0.39 is 30.4 Å². The molecule has 1 heterocycles. The number of aliphatic hydroxyl groups is 1. The van der Waals surface area contributed by atoms with Crippen molar-refractivity contribution in [2.75, 3.05) is 26.5 Å². The lowest BCUT2D eigenvalue weighted by molar-refractivity contribution is -0.149. The van der Waals surface area contributed by atoms with Crippen LogP contribution in [0.15, 0.2) is 78.9 Å². The van der Waals surface area contributed by atoms with Crippen LogP contribution < -0.4 is 16.0 Å². The molecule has 0 bridgehead atoms. The molecular formula is C46H62N4O8S. The first-order valence-electron chi connectivity index (χ1n) is 20.8. The molecule has 4 N–H and O–H groups in total. The zero-order valence-electron chi connectivity index (χ0n) is 35.4. The van der Waals surface area contributed by atoms with Crippen molar-refractivity contribution in [3.63, 3.8) is 0 Å². The van der Waals surface area contributed by atoms with Crippen molar-refractivity contribution in [3.8, 4) is 11.1 Å². The fourth-order valence-corrected chi connectivity index (χ4v) is 9.75. The Bertz CT molecular complexity index is 1820. The summed E-state index contributed by atoms with van der Waals surface area (Å²) >= 11 is 1.55. The summed E-state index contributed by atoms with van der Waals surface area (Å²) in [5.74, 6) is -0.986. The number of fused-ring (bicyclic) bond motifs is 3. The van der Waals surface area contributed by atoms with Crippen molar-refractivity contribution in [1.82, 2.24) is 20.9 Å². The molecule has 59 heavy (non-hydrogen) atoms. The number of benzene rings is 3. The molecule has 13 heteroatoms. The minimum atomic E-state index is -0.965. The summed E-state index contributed by atoms with van der Waals surface area (Å²) in [5.41, 5.74) is 5.55. The van der Waals surface area contributed by atoms with Gasteiger partial charge >= 0.3 is 18.0 Å². The molecule has 3 aromatic carbocycles. The Morgan fingerprint density at radius 3 is 2.15 bits per heavy atom. The van der Waals surface area contributed by atoms with E-state index in [1.807, 2.05) is 82.3 Å². The lowest BCUT2D eigenvalue weighted by atomic mass is 9.95. The molecule has 1 fully saturated rings. The summed E-state index contributed by atoms with van der Waals surface area (Å²) in [6, 6.07) is 24.4. The van der Waals surface area contributed by atoms with Crippen molar-refractivity contribution < 1.29 is 38.5 Å². The number of nitrogens with one attached hydrogen (secondary N) is 3. The maximum Gasteiger partial charge on any atom is 0.407 e. The summed E-state index contributed by atoms with van der Waals surface area (Å²) in [6.45, 7) is 9.31. The van der Waals surface area contributed by atoms with Gasteiger partial charge in [-0.3, -0.25) is 25.0 Å². The van der Waals surface area contributed by atoms with E-state index in [0.717, 1.165) is 27.8 Å². The number of aliphatic hydroxyl groups excluding tert-OH is 1. The minimum absolute atomic E-state index is 0.0243. The van der Waals surface area contributed by atoms with Crippen LogP contribution in [0.25, 0.3) is 11.1 Å². The van der Waals surface area contributed by atoms with Gasteiger partial charge in [0.1, 0.15) is 25.0 Å². The Morgan fingerprint density at radius 1 is 0.932 bits per heavy atom. The van der Waals surface area contributed by atoms with Gasteiger partial charge in [-0.1, -0.05) is 113 Å². The van der Waals surface area contributed by atoms with Crippen molar-refractivity contribution in [3.05, 3.63) is 95.6 Å². The number of ether oxygens (including phenoxy) is 3. The van der Waals surface area contributed by atoms with Gasteiger partial charge < -0.3 is 29.5 Å². The second-order valence-electron chi connectivity index (χ2n) is 16.1. The number of methoxy groups -OCH3 is 1. The van der Waals surface area contributed by atoms with Crippen molar-refractivity contribution >= 4 is 35.7 Å². The number of amides is 2. The second kappa shape index (κ2) is 21.7. The molecule has 320 valence electrons. The molecule has 0 saturated carbocycles. The fraction of sp³-hybridized carbons (Fsp3) is 0.522. The maximum absolute atomic E-state index is 14.2. The fourth-order valence-electron chi connectivity index (χ4n) is 8.40. The van der Waals surface area contributed by atoms with Gasteiger partial charge in [0.15, 0.2) is 0 Å². The number of hydrogen-bond acceptors (Lipinski definition) is 11. The molecule has 0 spiro atoms. The molecule has 1 saturated heterocycles. The molecule has 1 aliphatic carbocycles. The number of likely N-dealkylation sites (N-methyl/N-ethyl adjacent to an activating group) is 1. The molecule has 2 aliphatic rings. The Balaban J connectivity index is 1.22. The van der Waals surface area contributed by atoms with Crippen molar-refractivity contribution in [1.29, 1.82) is 0 Å². The van der Waals surface area contributed by atoms with Crippen LogP contribution in [0.5, 0.6) is 0 Å². The van der Waals surface area contributed by atoms with Crippen LogP contribution in [-0.4, -0.2) is 102 Å². The number of nitrogens with zero attached hydrogens (tertiary/aromatic N) is 1. The highest BCUT2D eigenvalue weighted by Crippen LogP contribution is 2.44. The molecule has 1 aliphatic heterocycles. The number of carbonyl (C=O) groups excluding carboxylic acids is 4. The van der Waals surface area contributed by atoms with Crippen molar-refractivity contribution in [2.24, 2.45) is 11.8 Å². The molecule has 0 radical (unpaired) electrons. The Morgan fingerprint density at radius 2 is 1.56 bits per heavy atom. The van der Waals surface area contributed by atoms with E-state index in [0.29, 0.717) is 37.9 Å². The van der Waals surface area contributed by atoms with Gasteiger partial charge in [-0.2, -0.15) is 0 Å². The lowest BCUT2D eigenvalue weighted by Gasteiger charge is -2.37.